The van der Waals surface area contributed by atoms with E-state index >= 15 is 0 Å². The maximum absolute atomic E-state index is 3.78. The lowest BCUT2D eigenvalue weighted by Gasteiger charge is -1.95. The van der Waals surface area contributed by atoms with Gasteiger partial charge in [0.2, 0.25) is 0 Å². The molecule has 0 unspecified atom stereocenters. The normalized spacial score (nSPS) is 10.3. The minimum Gasteiger partial charge on any atom is -0.320 e. The molecule has 0 aliphatic heterocycles. The number of aromatic amines is 1. The molecule has 1 rings (SSSR count). The van der Waals surface area contributed by atoms with Crippen LogP contribution in [0.1, 0.15) is 18.7 Å². The molecule has 0 aromatic carbocycles. The summed E-state index contributed by atoms with van der Waals surface area (Å²) in [5.74, 6) is 0.876. The summed E-state index contributed by atoms with van der Waals surface area (Å²) in [4.78, 5) is 0. The highest BCUT2D eigenvalue weighted by Crippen LogP contribution is 1.94. The molecule has 2 N–H and O–H groups in total. The second-order valence-corrected chi connectivity index (χ2v) is 2.41. The highest BCUT2D eigenvalue weighted by atomic mass is 15.5. The summed E-state index contributed by atoms with van der Waals surface area (Å²) in [7, 11) is 1.95. The third-order valence-corrected chi connectivity index (χ3v) is 1.48. The van der Waals surface area contributed by atoms with Gasteiger partial charge in [0.1, 0.15) is 5.82 Å². The van der Waals surface area contributed by atoms with E-state index in [9.17, 15) is 0 Å². The number of hydrogen-bond donors (Lipinski definition) is 2. The lowest BCUT2D eigenvalue weighted by molar-refractivity contribution is 0.663. The predicted octanol–water partition coefficient (Wildman–Crippen LogP) is -0.258. The molecule has 0 spiro atoms. The lowest BCUT2D eigenvalue weighted by Crippen LogP contribution is -2.07. The van der Waals surface area contributed by atoms with Crippen molar-refractivity contribution in [1.82, 2.24) is 25.9 Å². The number of nitrogens with one attached hydrogen (secondary N) is 2. The van der Waals surface area contributed by atoms with E-state index in [1.807, 2.05) is 7.05 Å². The van der Waals surface area contributed by atoms with Gasteiger partial charge in [0.15, 0.2) is 0 Å². The van der Waals surface area contributed by atoms with Gasteiger partial charge in [-0.1, -0.05) is 0 Å². The molecule has 0 atom stereocenters. The molecule has 0 radical (unpaired) electrons. The van der Waals surface area contributed by atoms with Crippen molar-refractivity contribution in [2.45, 2.75) is 19.3 Å². The Morgan fingerprint density at radius 2 is 2.36 bits per heavy atom. The smallest absolute Gasteiger partial charge is 0.148 e. The topological polar surface area (TPSA) is 66.5 Å². The second kappa shape index (κ2) is 4.79. The SMILES string of the molecule is CNCCCCc1nnn[nH]1. The molecule has 5 heteroatoms. The second-order valence-electron chi connectivity index (χ2n) is 2.41. The summed E-state index contributed by atoms with van der Waals surface area (Å²) in [5, 5.41) is 16.6. The van der Waals surface area contributed by atoms with Gasteiger partial charge in [-0.05, 0) is 36.9 Å². The Bertz CT molecular complexity index is 171. The number of aromatic nitrogens is 4. The summed E-state index contributed by atoms with van der Waals surface area (Å²) in [6.07, 6.45) is 3.23. The predicted molar refractivity (Wildman–Crippen MR) is 41.0 cm³/mol. The Balaban J connectivity index is 2.04. The number of nitrogens with zero attached hydrogens (tertiary/aromatic N) is 3. The van der Waals surface area contributed by atoms with Gasteiger partial charge in [0.25, 0.3) is 0 Å². The van der Waals surface area contributed by atoms with Crippen LogP contribution in [0.25, 0.3) is 0 Å². The number of rotatable bonds is 5. The molecule has 0 saturated heterocycles. The van der Waals surface area contributed by atoms with Crippen LogP contribution < -0.4 is 5.32 Å². The first-order valence-corrected chi connectivity index (χ1v) is 3.80. The van der Waals surface area contributed by atoms with Crippen molar-refractivity contribution >= 4 is 0 Å². The lowest BCUT2D eigenvalue weighted by atomic mass is 10.2. The zero-order valence-electron chi connectivity index (χ0n) is 6.67. The third-order valence-electron chi connectivity index (χ3n) is 1.48. The van der Waals surface area contributed by atoms with Crippen LogP contribution in [0.3, 0.4) is 0 Å². The van der Waals surface area contributed by atoms with E-state index in [-0.39, 0.29) is 0 Å². The summed E-state index contributed by atoms with van der Waals surface area (Å²) in [6, 6.07) is 0. The van der Waals surface area contributed by atoms with E-state index < -0.39 is 0 Å². The number of tetrazole rings is 1. The molecule has 1 aromatic rings. The van der Waals surface area contributed by atoms with Gasteiger partial charge >= 0.3 is 0 Å². The van der Waals surface area contributed by atoms with E-state index in [1.54, 1.807) is 0 Å². The maximum Gasteiger partial charge on any atom is 0.148 e. The van der Waals surface area contributed by atoms with Crippen molar-refractivity contribution in [3.05, 3.63) is 5.82 Å². The fourth-order valence-electron chi connectivity index (χ4n) is 0.879. The van der Waals surface area contributed by atoms with Crippen LogP contribution in [0, 0.1) is 0 Å². The Kier molecular flexibility index (Phi) is 3.54. The standard InChI is InChI=1S/C6H13N5/c1-7-5-3-2-4-6-8-10-11-9-6/h7H,2-5H2,1H3,(H,8,9,10,11). The highest BCUT2D eigenvalue weighted by molar-refractivity contribution is 4.75. The average Bonchev–Trinajstić information content (AvgIpc) is 2.50. The molecule has 0 saturated carbocycles. The Labute approximate surface area is 65.6 Å². The molecule has 0 aliphatic carbocycles. The van der Waals surface area contributed by atoms with Gasteiger partial charge in [-0.15, -0.1) is 5.10 Å². The quantitative estimate of drug-likeness (QED) is 0.575. The van der Waals surface area contributed by atoms with E-state index in [0.29, 0.717) is 0 Å². The van der Waals surface area contributed by atoms with Gasteiger partial charge in [-0.2, -0.15) is 0 Å². The van der Waals surface area contributed by atoms with Crippen LogP contribution in [0.15, 0.2) is 0 Å². The minimum absolute atomic E-state index is 0.876. The molecule has 1 heterocycles. The number of H-pyrrole nitrogens is 1. The fraction of sp³-hybridized carbons (Fsp3) is 0.833. The number of unbranched alkanes of at least 4 members (excludes halogenated alkanes) is 1. The number of aryl methyl sites for hydroxylation is 1. The maximum atomic E-state index is 3.78. The van der Waals surface area contributed by atoms with Crippen molar-refractivity contribution < 1.29 is 0 Å². The van der Waals surface area contributed by atoms with Crippen molar-refractivity contribution in [3.8, 4) is 0 Å². The van der Waals surface area contributed by atoms with Gasteiger partial charge < -0.3 is 5.32 Å². The van der Waals surface area contributed by atoms with Crippen LogP contribution >= 0.6 is 0 Å². The van der Waals surface area contributed by atoms with Crippen LogP contribution in [-0.4, -0.2) is 34.2 Å². The Morgan fingerprint density at radius 3 is 3.00 bits per heavy atom. The van der Waals surface area contributed by atoms with E-state index in [1.165, 1.54) is 0 Å². The van der Waals surface area contributed by atoms with Crippen molar-refractivity contribution in [2.24, 2.45) is 0 Å². The molecule has 0 bridgehead atoms. The van der Waals surface area contributed by atoms with Gasteiger partial charge in [-0.25, -0.2) is 5.10 Å². The largest absolute Gasteiger partial charge is 0.320 e. The first-order valence-electron chi connectivity index (χ1n) is 3.80. The molecule has 0 fully saturated rings. The molecule has 0 aliphatic rings. The number of hydrogen-bond acceptors (Lipinski definition) is 4. The zero-order chi connectivity index (χ0) is 7.94. The Morgan fingerprint density at radius 1 is 1.45 bits per heavy atom. The Hall–Kier alpha value is -0.970. The summed E-state index contributed by atoms with van der Waals surface area (Å²) in [5.41, 5.74) is 0. The third kappa shape index (κ3) is 3.08. The summed E-state index contributed by atoms with van der Waals surface area (Å²) < 4.78 is 0. The van der Waals surface area contributed by atoms with Gasteiger partial charge in [-0.3, -0.25) is 0 Å². The molecule has 62 valence electrons. The van der Waals surface area contributed by atoms with E-state index in [4.69, 9.17) is 0 Å². The monoisotopic (exact) mass is 155 g/mol. The summed E-state index contributed by atoms with van der Waals surface area (Å²) in [6.45, 7) is 1.06. The first-order chi connectivity index (χ1) is 5.43. The van der Waals surface area contributed by atoms with Crippen LogP contribution in [0.4, 0.5) is 0 Å². The van der Waals surface area contributed by atoms with E-state index in [2.05, 4.69) is 25.9 Å². The molecular formula is C6H13N5. The van der Waals surface area contributed by atoms with Gasteiger partial charge in [0.05, 0.1) is 0 Å². The van der Waals surface area contributed by atoms with Crippen LogP contribution in [0.5, 0.6) is 0 Å². The van der Waals surface area contributed by atoms with Crippen molar-refractivity contribution in [2.75, 3.05) is 13.6 Å². The van der Waals surface area contributed by atoms with Crippen molar-refractivity contribution in [3.63, 3.8) is 0 Å². The first kappa shape index (κ1) is 8.13. The van der Waals surface area contributed by atoms with Gasteiger partial charge in [0, 0.05) is 6.42 Å². The zero-order valence-corrected chi connectivity index (χ0v) is 6.67. The molecular weight excluding hydrogens is 142 g/mol. The van der Waals surface area contributed by atoms with Crippen molar-refractivity contribution in [1.29, 1.82) is 0 Å². The molecule has 1 aromatic heterocycles. The molecule has 11 heavy (non-hydrogen) atoms. The fourth-order valence-corrected chi connectivity index (χ4v) is 0.879. The summed E-state index contributed by atoms with van der Waals surface area (Å²) >= 11 is 0. The highest BCUT2D eigenvalue weighted by Gasteiger charge is 1.94. The minimum atomic E-state index is 0.876. The van der Waals surface area contributed by atoms with Crippen LogP contribution in [-0.2, 0) is 6.42 Å². The molecule has 5 nitrogen and oxygen atoms in total. The van der Waals surface area contributed by atoms with E-state index in [0.717, 1.165) is 31.6 Å². The molecule has 0 amide bonds. The van der Waals surface area contributed by atoms with Crippen LogP contribution in [0.2, 0.25) is 0 Å². The average molecular weight is 155 g/mol.